The molecule has 0 aromatic rings. The highest BCUT2D eigenvalue weighted by atomic mass is 15.7. The van der Waals surface area contributed by atoms with E-state index in [1.165, 1.54) is 0 Å². The van der Waals surface area contributed by atoms with E-state index >= 15 is 0 Å². The van der Waals surface area contributed by atoms with Crippen LogP contribution in [0.15, 0.2) is 0 Å². The Labute approximate surface area is 44.8 Å². The third-order valence-corrected chi connectivity index (χ3v) is 0.400. The maximum absolute atomic E-state index is 2.97. The van der Waals surface area contributed by atoms with Crippen molar-refractivity contribution in [2.45, 2.75) is 0 Å². The lowest BCUT2D eigenvalue weighted by molar-refractivity contribution is 0.113. The van der Waals surface area contributed by atoms with Crippen LogP contribution >= 0.6 is 0 Å². The minimum absolute atomic E-state index is 1.88. The topological polar surface area (TPSA) is 18.5 Å². The van der Waals surface area contributed by atoms with Crippen molar-refractivity contribution in [1.29, 1.82) is 0 Å². The second kappa shape index (κ2) is 2.96. The number of hydrazine groups is 2. The molecule has 0 spiro atoms. The molecule has 0 unspecified atom stereocenters. The first-order valence-corrected chi connectivity index (χ1v) is 2.24. The van der Waals surface area contributed by atoms with Crippen molar-refractivity contribution in [3.63, 3.8) is 0 Å². The summed E-state index contributed by atoms with van der Waals surface area (Å²) in [7, 11) is 7.78. The molecule has 0 radical (unpaired) electrons. The molecule has 0 bridgehead atoms. The van der Waals surface area contributed by atoms with E-state index in [1.807, 2.05) is 38.2 Å². The lowest BCUT2D eigenvalue weighted by Crippen LogP contribution is -2.40. The molecule has 0 aliphatic carbocycles. The van der Waals surface area contributed by atoms with Crippen LogP contribution in [-0.4, -0.2) is 38.2 Å². The highest BCUT2D eigenvalue weighted by Gasteiger charge is 1.84. The van der Waals surface area contributed by atoms with Crippen molar-refractivity contribution >= 4 is 0 Å². The Morgan fingerprint density at radius 3 is 1.14 bits per heavy atom. The molecule has 1 N–H and O–H groups in total. The molecule has 0 aromatic heterocycles. The number of hydrogen-bond donors (Lipinski definition) is 1. The molecule has 0 aromatic carbocycles. The molecule has 0 rings (SSSR count). The van der Waals surface area contributed by atoms with Gasteiger partial charge in [-0.05, 0) is 0 Å². The Balaban J connectivity index is 2.95. The minimum atomic E-state index is 1.88. The summed E-state index contributed by atoms with van der Waals surface area (Å²) in [4.78, 5) is 0. The number of nitrogens with zero attached hydrogens (tertiary/aromatic N) is 2. The normalized spacial score (nSPS) is 11.1. The second-order valence-corrected chi connectivity index (χ2v) is 1.89. The van der Waals surface area contributed by atoms with Gasteiger partial charge in [0, 0.05) is 28.2 Å². The second-order valence-electron chi connectivity index (χ2n) is 1.89. The summed E-state index contributed by atoms with van der Waals surface area (Å²) >= 11 is 0. The van der Waals surface area contributed by atoms with Gasteiger partial charge in [0.1, 0.15) is 0 Å². The summed E-state index contributed by atoms with van der Waals surface area (Å²) in [6.45, 7) is 0. The number of nitrogens with one attached hydrogen (secondary N) is 1. The predicted molar refractivity (Wildman–Crippen MR) is 30.5 cm³/mol. The highest BCUT2D eigenvalue weighted by molar-refractivity contribution is 4.21. The van der Waals surface area contributed by atoms with Gasteiger partial charge in [-0.2, -0.15) is 5.53 Å². The van der Waals surface area contributed by atoms with E-state index in [0.717, 1.165) is 0 Å². The molecule has 3 nitrogen and oxygen atoms in total. The van der Waals surface area contributed by atoms with Crippen LogP contribution in [0.5, 0.6) is 0 Å². The molecule has 0 aliphatic heterocycles. The van der Waals surface area contributed by atoms with E-state index in [1.54, 1.807) is 0 Å². The molecular weight excluding hydrogens is 90.1 g/mol. The molecular formula is C4H13N3. The molecule has 0 fully saturated rings. The summed E-state index contributed by atoms with van der Waals surface area (Å²) < 4.78 is 0. The fourth-order valence-electron chi connectivity index (χ4n) is 0.400. The summed E-state index contributed by atoms with van der Waals surface area (Å²) in [5.74, 6) is 0. The Morgan fingerprint density at radius 2 is 1.14 bits per heavy atom. The summed E-state index contributed by atoms with van der Waals surface area (Å²) in [5.41, 5.74) is 2.97. The standard InChI is InChI=1S/C4H13N3/c1-6(2)5-7(3)4/h5H,1-4H3. The number of rotatable bonds is 2. The van der Waals surface area contributed by atoms with E-state index in [0.29, 0.717) is 0 Å². The first-order chi connectivity index (χ1) is 3.13. The van der Waals surface area contributed by atoms with Gasteiger partial charge in [0.25, 0.3) is 0 Å². The maximum Gasteiger partial charge on any atom is 0.00263 e. The molecule has 0 saturated heterocycles. The van der Waals surface area contributed by atoms with E-state index in [-0.39, 0.29) is 0 Å². The van der Waals surface area contributed by atoms with E-state index in [4.69, 9.17) is 0 Å². The van der Waals surface area contributed by atoms with Crippen LogP contribution in [0.2, 0.25) is 0 Å². The largest absolute Gasteiger partial charge is 0.237 e. The quantitative estimate of drug-likeness (QED) is 0.477. The van der Waals surface area contributed by atoms with Crippen LogP contribution in [0.25, 0.3) is 0 Å². The van der Waals surface area contributed by atoms with Crippen LogP contribution in [-0.2, 0) is 0 Å². The third kappa shape index (κ3) is 5.88. The summed E-state index contributed by atoms with van der Waals surface area (Å²) in [6.07, 6.45) is 0. The van der Waals surface area contributed by atoms with Gasteiger partial charge in [-0.25, -0.2) is 10.0 Å². The van der Waals surface area contributed by atoms with Crippen LogP contribution in [0.1, 0.15) is 0 Å². The Hall–Kier alpha value is -0.120. The predicted octanol–water partition coefficient (Wildman–Crippen LogP) is -0.471. The average molecular weight is 103 g/mol. The van der Waals surface area contributed by atoms with E-state index < -0.39 is 0 Å². The molecule has 0 aliphatic rings. The van der Waals surface area contributed by atoms with Crippen LogP contribution < -0.4 is 5.53 Å². The first kappa shape index (κ1) is 6.88. The van der Waals surface area contributed by atoms with Crippen LogP contribution in [0, 0.1) is 0 Å². The zero-order valence-corrected chi connectivity index (χ0v) is 5.39. The van der Waals surface area contributed by atoms with Crippen LogP contribution in [0.4, 0.5) is 0 Å². The SMILES string of the molecule is CN(C)NN(C)C. The van der Waals surface area contributed by atoms with Crippen molar-refractivity contribution < 1.29 is 0 Å². The van der Waals surface area contributed by atoms with Gasteiger partial charge in [-0.3, -0.25) is 0 Å². The Bertz CT molecular complexity index is 36.2. The van der Waals surface area contributed by atoms with Gasteiger partial charge >= 0.3 is 0 Å². The lowest BCUT2D eigenvalue weighted by Gasteiger charge is -2.17. The average Bonchev–Trinajstić information content (AvgIpc) is 1.27. The zero-order chi connectivity index (χ0) is 5.86. The summed E-state index contributed by atoms with van der Waals surface area (Å²) in [5, 5.41) is 3.75. The van der Waals surface area contributed by atoms with Gasteiger partial charge < -0.3 is 0 Å². The van der Waals surface area contributed by atoms with E-state index in [2.05, 4.69) is 5.53 Å². The molecule has 44 valence electrons. The molecule has 0 amide bonds. The van der Waals surface area contributed by atoms with Gasteiger partial charge in [0.05, 0.1) is 0 Å². The van der Waals surface area contributed by atoms with Gasteiger partial charge in [-0.15, -0.1) is 0 Å². The smallest absolute Gasteiger partial charge is 0.00263 e. The Morgan fingerprint density at radius 1 is 0.857 bits per heavy atom. The molecule has 0 atom stereocenters. The maximum atomic E-state index is 2.97. The Kier molecular flexibility index (Phi) is 2.91. The number of hydrogen-bond acceptors (Lipinski definition) is 3. The molecule has 3 heteroatoms. The highest BCUT2D eigenvalue weighted by Crippen LogP contribution is 1.63. The fraction of sp³-hybridized carbons (Fsp3) is 1.00. The van der Waals surface area contributed by atoms with Crippen LogP contribution in [0.3, 0.4) is 0 Å². The van der Waals surface area contributed by atoms with Crippen molar-refractivity contribution in [3.8, 4) is 0 Å². The van der Waals surface area contributed by atoms with Crippen molar-refractivity contribution in [3.05, 3.63) is 0 Å². The third-order valence-electron chi connectivity index (χ3n) is 0.400. The van der Waals surface area contributed by atoms with Gasteiger partial charge in [0.2, 0.25) is 0 Å². The lowest BCUT2D eigenvalue weighted by atomic mass is 11.1. The molecule has 0 heterocycles. The summed E-state index contributed by atoms with van der Waals surface area (Å²) in [6, 6.07) is 0. The monoisotopic (exact) mass is 103 g/mol. The van der Waals surface area contributed by atoms with E-state index in [9.17, 15) is 0 Å². The minimum Gasteiger partial charge on any atom is -0.237 e. The molecule has 0 saturated carbocycles. The van der Waals surface area contributed by atoms with Crippen molar-refractivity contribution in [2.75, 3.05) is 28.2 Å². The van der Waals surface area contributed by atoms with Gasteiger partial charge in [-0.1, -0.05) is 0 Å². The van der Waals surface area contributed by atoms with Crippen molar-refractivity contribution in [2.24, 2.45) is 0 Å². The zero-order valence-electron chi connectivity index (χ0n) is 5.39. The molecule has 7 heavy (non-hydrogen) atoms. The fourth-order valence-corrected chi connectivity index (χ4v) is 0.400. The van der Waals surface area contributed by atoms with Gasteiger partial charge in [0.15, 0.2) is 0 Å². The first-order valence-electron chi connectivity index (χ1n) is 2.24. The van der Waals surface area contributed by atoms with Crippen molar-refractivity contribution in [1.82, 2.24) is 15.6 Å².